The Morgan fingerprint density at radius 3 is 2.66 bits per heavy atom. The number of benzene rings is 1. The Balaban J connectivity index is 0.00000205. The maximum absolute atomic E-state index is 12.2. The monoisotopic (exact) mass is 428 g/mol. The fraction of sp³-hybridized carbons (Fsp3) is 0.348. The smallest absolute Gasteiger partial charge is 0.147 e. The predicted molar refractivity (Wildman–Crippen MR) is 120 cm³/mol. The van der Waals surface area contributed by atoms with Gasteiger partial charge in [-0.25, -0.2) is 0 Å². The van der Waals surface area contributed by atoms with Gasteiger partial charge >= 0.3 is 0 Å². The molecule has 3 aliphatic heterocycles. The predicted octanol–water partition coefficient (Wildman–Crippen LogP) is 3.74. The van der Waals surface area contributed by atoms with Crippen LogP contribution in [0.4, 0.5) is 0 Å². The van der Waals surface area contributed by atoms with Crippen LogP contribution < -0.4 is 0 Å². The van der Waals surface area contributed by atoms with E-state index < -0.39 is 0 Å². The number of carbonyl (C=O) groups excluding carboxylic acids is 1. The van der Waals surface area contributed by atoms with Crippen molar-refractivity contribution in [2.24, 2.45) is 0 Å². The highest BCUT2D eigenvalue weighted by Crippen LogP contribution is 2.42. The summed E-state index contributed by atoms with van der Waals surface area (Å²) in [5.41, 5.74) is 6.25. The first kappa shape index (κ1) is 20.4. The van der Waals surface area contributed by atoms with Gasteiger partial charge < -0.3 is 14.4 Å². The van der Waals surface area contributed by atoms with Gasteiger partial charge in [-0.1, -0.05) is 30.3 Å². The second-order valence-corrected chi connectivity index (χ2v) is 8.44. The molecule has 0 N–H and O–H groups in total. The minimum atomic E-state index is -0.221. The number of thiophene rings is 1. The Morgan fingerprint density at radius 1 is 1.10 bits per heavy atom. The summed E-state index contributed by atoms with van der Waals surface area (Å²) in [6, 6.07) is 12.4. The van der Waals surface area contributed by atoms with E-state index in [0.717, 1.165) is 63.2 Å². The second-order valence-electron chi connectivity index (χ2n) is 7.53. The summed E-state index contributed by atoms with van der Waals surface area (Å²) in [5.74, 6) is 0. The van der Waals surface area contributed by atoms with Crippen LogP contribution in [0.15, 0.2) is 53.4 Å². The molecule has 0 radical (unpaired) electrons. The van der Waals surface area contributed by atoms with Crippen LogP contribution in [0.3, 0.4) is 0 Å². The fourth-order valence-electron chi connectivity index (χ4n) is 4.49. The van der Waals surface area contributed by atoms with Gasteiger partial charge in [-0.2, -0.15) is 0 Å². The molecule has 1 atom stereocenters. The highest BCUT2D eigenvalue weighted by Gasteiger charge is 2.35. The van der Waals surface area contributed by atoms with Crippen molar-refractivity contribution >= 4 is 41.3 Å². The van der Waals surface area contributed by atoms with Crippen LogP contribution in [0.25, 0.3) is 11.3 Å². The molecule has 2 aromatic rings. The molecule has 0 aliphatic carbocycles. The van der Waals surface area contributed by atoms with Crippen LogP contribution in [0.5, 0.6) is 0 Å². The Labute approximate surface area is 181 Å². The zero-order valence-corrected chi connectivity index (χ0v) is 17.9. The third-order valence-electron chi connectivity index (χ3n) is 5.89. The van der Waals surface area contributed by atoms with Gasteiger partial charge in [0, 0.05) is 26.2 Å². The molecule has 1 fully saturated rings. The summed E-state index contributed by atoms with van der Waals surface area (Å²) in [6.07, 6.45) is 4.40. The van der Waals surface area contributed by atoms with Crippen LogP contribution >= 0.6 is 23.7 Å². The molecule has 0 spiro atoms. The lowest BCUT2D eigenvalue weighted by atomic mass is 9.87. The fourth-order valence-corrected chi connectivity index (χ4v) is 5.54. The van der Waals surface area contributed by atoms with E-state index in [9.17, 15) is 4.79 Å². The number of rotatable bonds is 4. The maximum Gasteiger partial charge on any atom is 0.147 e. The van der Waals surface area contributed by atoms with Crippen molar-refractivity contribution in [2.45, 2.75) is 12.5 Å². The van der Waals surface area contributed by atoms with Gasteiger partial charge in [0.05, 0.1) is 23.8 Å². The molecule has 1 saturated heterocycles. The lowest BCUT2D eigenvalue weighted by molar-refractivity contribution is -0.110. The standard InChI is InChI=1S/C23H24N2O2S.ClH/c26-16-21-20(17-4-2-1-3-5-17)14-19(15-24-9-11-27-12-10-24)22-23-18(7-13-28-23)6-8-25(21)22;/h1-5,7,13-14,16,21H,6,8-12,15H2;1H. The lowest BCUT2D eigenvalue weighted by Gasteiger charge is -2.42. The van der Waals surface area contributed by atoms with Crippen molar-refractivity contribution in [2.75, 3.05) is 39.4 Å². The number of nitrogens with zero attached hydrogens (tertiary/aromatic N) is 2. The van der Waals surface area contributed by atoms with E-state index in [4.69, 9.17) is 4.74 Å². The van der Waals surface area contributed by atoms with E-state index in [2.05, 4.69) is 39.5 Å². The topological polar surface area (TPSA) is 32.8 Å². The highest BCUT2D eigenvalue weighted by atomic mass is 35.5. The normalized spacial score (nSPS) is 21.7. The van der Waals surface area contributed by atoms with Gasteiger partial charge in [0.15, 0.2) is 0 Å². The maximum atomic E-state index is 12.2. The Kier molecular flexibility index (Phi) is 6.20. The zero-order valence-electron chi connectivity index (χ0n) is 16.3. The highest BCUT2D eigenvalue weighted by molar-refractivity contribution is 7.11. The summed E-state index contributed by atoms with van der Waals surface area (Å²) < 4.78 is 5.54. The molecule has 1 aromatic carbocycles. The van der Waals surface area contributed by atoms with Gasteiger partial charge in [0.2, 0.25) is 0 Å². The van der Waals surface area contributed by atoms with E-state index in [1.165, 1.54) is 21.7 Å². The van der Waals surface area contributed by atoms with Gasteiger partial charge in [-0.3, -0.25) is 4.90 Å². The molecule has 5 rings (SSSR count). The molecule has 4 heterocycles. The second kappa shape index (κ2) is 8.84. The quantitative estimate of drug-likeness (QED) is 0.694. The van der Waals surface area contributed by atoms with Gasteiger partial charge in [0.25, 0.3) is 0 Å². The van der Waals surface area contributed by atoms with Crippen LogP contribution in [0.1, 0.15) is 16.0 Å². The van der Waals surface area contributed by atoms with E-state index >= 15 is 0 Å². The number of ether oxygens (including phenoxy) is 1. The number of aldehydes is 1. The molecular weight excluding hydrogens is 404 g/mol. The average Bonchev–Trinajstić information content (AvgIpc) is 3.23. The number of morpholine rings is 1. The van der Waals surface area contributed by atoms with Gasteiger partial charge in [0.1, 0.15) is 12.3 Å². The van der Waals surface area contributed by atoms with Crippen molar-refractivity contribution in [3.63, 3.8) is 0 Å². The van der Waals surface area contributed by atoms with Crippen LogP contribution in [0, 0.1) is 0 Å². The van der Waals surface area contributed by atoms with Gasteiger partial charge in [-0.15, -0.1) is 23.7 Å². The van der Waals surface area contributed by atoms with Crippen LogP contribution in [-0.4, -0.2) is 61.5 Å². The summed E-state index contributed by atoms with van der Waals surface area (Å²) in [7, 11) is 0. The SMILES string of the molecule is Cl.O=CC1C(c2ccccc2)=CC(CN2CCOCC2)=C2c3sccc3CCN21. The van der Waals surface area contributed by atoms with Crippen LogP contribution in [-0.2, 0) is 16.0 Å². The third-order valence-corrected chi connectivity index (χ3v) is 6.86. The molecule has 29 heavy (non-hydrogen) atoms. The van der Waals surface area contributed by atoms with E-state index in [1.807, 2.05) is 18.2 Å². The Bertz CT molecular complexity index is 931. The number of halogens is 1. The van der Waals surface area contributed by atoms with Gasteiger partial charge in [-0.05, 0) is 46.2 Å². The summed E-state index contributed by atoms with van der Waals surface area (Å²) >= 11 is 1.80. The van der Waals surface area contributed by atoms with E-state index in [1.54, 1.807) is 11.3 Å². The molecule has 1 aromatic heterocycles. The van der Waals surface area contributed by atoms with Crippen molar-refractivity contribution in [1.82, 2.24) is 9.80 Å². The van der Waals surface area contributed by atoms with E-state index in [0.29, 0.717) is 0 Å². The van der Waals surface area contributed by atoms with Crippen molar-refractivity contribution in [1.29, 1.82) is 0 Å². The summed E-state index contributed by atoms with van der Waals surface area (Å²) in [6.45, 7) is 5.29. The first-order chi connectivity index (χ1) is 13.8. The molecule has 4 nitrogen and oxygen atoms in total. The van der Waals surface area contributed by atoms with Crippen molar-refractivity contribution in [3.8, 4) is 0 Å². The zero-order chi connectivity index (χ0) is 18.9. The molecule has 152 valence electrons. The lowest BCUT2D eigenvalue weighted by Crippen LogP contribution is -2.44. The largest absolute Gasteiger partial charge is 0.379 e. The molecule has 0 amide bonds. The number of fused-ring (bicyclic) bond motifs is 3. The van der Waals surface area contributed by atoms with Crippen molar-refractivity contribution in [3.05, 3.63) is 69.4 Å². The molecule has 0 saturated carbocycles. The molecule has 6 heteroatoms. The first-order valence-corrected chi connectivity index (χ1v) is 10.8. The molecule has 0 bridgehead atoms. The summed E-state index contributed by atoms with van der Waals surface area (Å²) in [5, 5.41) is 2.18. The Hall–Kier alpha value is -1.92. The summed E-state index contributed by atoms with van der Waals surface area (Å²) in [4.78, 5) is 18.4. The third kappa shape index (κ3) is 3.80. The number of hydrogen-bond acceptors (Lipinski definition) is 5. The molecule has 3 aliphatic rings. The Morgan fingerprint density at radius 2 is 1.90 bits per heavy atom. The number of carbonyl (C=O) groups is 1. The molecule has 1 unspecified atom stereocenters. The van der Waals surface area contributed by atoms with Crippen molar-refractivity contribution < 1.29 is 9.53 Å². The minimum absolute atomic E-state index is 0. The first-order valence-electron chi connectivity index (χ1n) is 9.94. The van der Waals surface area contributed by atoms with Crippen LogP contribution in [0.2, 0.25) is 0 Å². The minimum Gasteiger partial charge on any atom is -0.379 e. The molecular formula is C23H25ClN2O2S. The van der Waals surface area contributed by atoms with E-state index in [-0.39, 0.29) is 18.4 Å². The number of hydrogen-bond donors (Lipinski definition) is 0. The average molecular weight is 429 g/mol.